The second kappa shape index (κ2) is 7.22. The monoisotopic (exact) mass is 354 g/mol. The molecule has 0 heterocycles. The second-order valence-electron chi connectivity index (χ2n) is 6.17. The first-order valence-electron chi connectivity index (χ1n) is 8.01. The molecule has 0 saturated carbocycles. The number of hydrogen-bond acceptors (Lipinski definition) is 2. The Kier molecular flexibility index (Phi) is 5.03. The van der Waals surface area contributed by atoms with Gasteiger partial charge in [-0.2, -0.15) is 0 Å². The van der Waals surface area contributed by atoms with E-state index in [1.54, 1.807) is 30.3 Å². The Hall–Kier alpha value is -2.42. The average molecular weight is 354 g/mol. The highest BCUT2D eigenvalue weighted by Gasteiger charge is 2.30. The van der Waals surface area contributed by atoms with E-state index in [0.717, 1.165) is 16.3 Å². The number of carbonyl (C=O) groups is 1. The standard InChI is InChI=1S/C20H19O4P/c21-20(22)19(17-7-2-1-3-8-17)14-25(23,24)13-15-10-11-16-6-4-5-9-18(16)12-15/h1-12,19H,13-14H2,(H,21,22)(H,23,24). The van der Waals surface area contributed by atoms with Crippen molar-refractivity contribution in [3.8, 4) is 0 Å². The summed E-state index contributed by atoms with van der Waals surface area (Å²) in [7, 11) is -3.65. The summed E-state index contributed by atoms with van der Waals surface area (Å²) in [5, 5.41) is 11.5. The van der Waals surface area contributed by atoms with E-state index in [9.17, 15) is 19.4 Å². The fraction of sp³-hybridized carbons (Fsp3) is 0.150. The maximum atomic E-state index is 12.7. The maximum absolute atomic E-state index is 12.7. The molecule has 2 atom stereocenters. The van der Waals surface area contributed by atoms with Crippen molar-refractivity contribution in [3.63, 3.8) is 0 Å². The summed E-state index contributed by atoms with van der Waals surface area (Å²) in [6.45, 7) is 0. The van der Waals surface area contributed by atoms with E-state index in [1.165, 1.54) is 0 Å². The first-order chi connectivity index (χ1) is 11.9. The van der Waals surface area contributed by atoms with E-state index in [2.05, 4.69) is 0 Å². The van der Waals surface area contributed by atoms with E-state index in [0.29, 0.717) is 5.56 Å². The van der Waals surface area contributed by atoms with Crippen LogP contribution in [0.5, 0.6) is 0 Å². The highest BCUT2D eigenvalue weighted by atomic mass is 31.2. The lowest BCUT2D eigenvalue weighted by molar-refractivity contribution is -0.138. The third-order valence-corrected chi connectivity index (χ3v) is 6.01. The first-order valence-corrected chi connectivity index (χ1v) is 10.0. The summed E-state index contributed by atoms with van der Waals surface area (Å²) < 4.78 is 12.7. The molecule has 0 bridgehead atoms. The van der Waals surface area contributed by atoms with Crippen LogP contribution in [0, 0.1) is 0 Å². The molecule has 0 amide bonds. The van der Waals surface area contributed by atoms with Crippen molar-refractivity contribution in [1.29, 1.82) is 0 Å². The molecular formula is C20H19O4P. The minimum absolute atomic E-state index is 0.0333. The number of carboxylic acids is 1. The summed E-state index contributed by atoms with van der Waals surface area (Å²) in [4.78, 5) is 22.0. The van der Waals surface area contributed by atoms with Gasteiger partial charge in [-0.3, -0.25) is 9.36 Å². The SMILES string of the molecule is O=C(O)C(CP(=O)(O)Cc1ccc2ccccc2c1)c1ccccc1. The van der Waals surface area contributed by atoms with Crippen molar-refractivity contribution in [2.24, 2.45) is 0 Å². The average Bonchev–Trinajstić information content (AvgIpc) is 2.60. The van der Waals surface area contributed by atoms with Gasteiger partial charge in [0.05, 0.1) is 5.92 Å². The summed E-state index contributed by atoms with van der Waals surface area (Å²) in [5.74, 6) is -2.07. The van der Waals surface area contributed by atoms with Crippen molar-refractivity contribution in [1.82, 2.24) is 0 Å². The molecule has 0 fully saturated rings. The quantitative estimate of drug-likeness (QED) is 0.640. The third-order valence-electron chi connectivity index (χ3n) is 4.21. The molecule has 0 aromatic heterocycles. The molecule has 3 rings (SSSR count). The molecule has 0 aliphatic heterocycles. The minimum Gasteiger partial charge on any atom is -0.481 e. The Morgan fingerprint density at radius 1 is 0.920 bits per heavy atom. The smallest absolute Gasteiger partial charge is 0.311 e. The molecule has 0 radical (unpaired) electrons. The molecule has 5 heteroatoms. The minimum atomic E-state index is -3.65. The topological polar surface area (TPSA) is 74.6 Å². The van der Waals surface area contributed by atoms with E-state index in [-0.39, 0.29) is 12.3 Å². The van der Waals surface area contributed by atoms with Crippen LogP contribution in [0.3, 0.4) is 0 Å². The van der Waals surface area contributed by atoms with Crippen molar-refractivity contribution in [2.75, 3.05) is 6.16 Å². The maximum Gasteiger partial charge on any atom is 0.311 e. The Morgan fingerprint density at radius 2 is 1.56 bits per heavy atom. The molecule has 0 spiro atoms. The Bertz CT molecular complexity index is 937. The van der Waals surface area contributed by atoms with Gasteiger partial charge >= 0.3 is 5.97 Å². The Labute approximate surface area is 146 Å². The van der Waals surface area contributed by atoms with Gasteiger partial charge in [-0.25, -0.2) is 0 Å². The van der Waals surface area contributed by atoms with Crippen LogP contribution in [0.15, 0.2) is 72.8 Å². The van der Waals surface area contributed by atoms with Crippen LogP contribution in [-0.4, -0.2) is 22.1 Å². The van der Waals surface area contributed by atoms with Crippen LogP contribution >= 0.6 is 7.37 Å². The van der Waals surface area contributed by atoms with Gasteiger partial charge in [0, 0.05) is 12.3 Å². The zero-order valence-corrected chi connectivity index (χ0v) is 14.5. The number of rotatable bonds is 6. The van der Waals surface area contributed by atoms with E-state index >= 15 is 0 Å². The summed E-state index contributed by atoms with van der Waals surface area (Å²) in [5.41, 5.74) is 1.28. The molecule has 2 N–H and O–H groups in total. The summed E-state index contributed by atoms with van der Waals surface area (Å²) >= 11 is 0. The van der Waals surface area contributed by atoms with Crippen molar-refractivity contribution >= 4 is 24.1 Å². The molecule has 0 aliphatic rings. The predicted octanol–water partition coefficient (Wildman–Crippen LogP) is 4.48. The van der Waals surface area contributed by atoms with Crippen LogP contribution in [0.4, 0.5) is 0 Å². The number of carboxylic acid groups (broad SMARTS) is 1. The molecular weight excluding hydrogens is 335 g/mol. The molecule has 25 heavy (non-hydrogen) atoms. The lowest BCUT2D eigenvalue weighted by Gasteiger charge is -2.18. The Balaban J connectivity index is 1.82. The van der Waals surface area contributed by atoms with Crippen LogP contribution in [0.1, 0.15) is 17.0 Å². The molecule has 0 saturated heterocycles. The number of benzene rings is 3. The Morgan fingerprint density at radius 3 is 2.24 bits per heavy atom. The van der Waals surface area contributed by atoms with E-state index in [4.69, 9.17) is 0 Å². The molecule has 128 valence electrons. The molecule has 0 aliphatic carbocycles. The lowest BCUT2D eigenvalue weighted by atomic mass is 10.0. The van der Waals surface area contributed by atoms with Crippen LogP contribution < -0.4 is 0 Å². The predicted molar refractivity (Wildman–Crippen MR) is 99.2 cm³/mol. The normalized spacial score (nSPS) is 14.8. The molecule has 2 unspecified atom stereocenters. The molecule has 3 aromatic carbocycles. The lowest BCUT2D eigenvalue weighted by Crippen LogP contribution is -2.16. The second-order valence-corrected chi connectivity index (χ2v) is 8.54. The first kappa shape index (κ1) is 17.4. The van der Waals surface area contributed by atoms with Crippen LogP contribution in [0.2, 0.25) is 0 Å². The van der Waals surface area contributed by atoms with Gasteiger partial charge in [-0.15, -0.1) is 0 Å². The van der Waals surface area contributed by atoms with Gasteiger partial charge in [0.15, 0.2) is 0 Å². The summed E-state index contributed by atoms with van der Waals surface area (Å²) in [6, 6.07) is 22.0. The van der Waals surface area contributed by atoms with Gasteiger partial charge < -0.3 is 10.00 Å². The van der Waals surface area contributed by atoms with Crippen molar-refractivity contribution in [3.05, 3.63) is 83.9 Å². The largest absolute Gasteiger partial charge is 0.481 e. The third kappa shape index (κ3) is 4.36. The van der Waals surface area contributed by atoms with Crippen LogP contribution in [-0.2, 0) is 15.5 Å². The highest BCUT2D eigenvalue weighted by Crippen LogP contribution is 2.48. The van der Waals surface area contributed by atoms with Crippen molar-refractivity contribution in [2.45, 2.75) is 12.1 Å². The highest BCUT2D eigenvalue weighted by molar-refractivity contribution is 7.57. The fourth-order valence-electron chi connectivity index (χ4n) is 2.98. The van der Waals surface area contributed by atoms with E-state index in [1.807, 2.05) is 42.5 Å². The van der Waals surface area contributed by atoms with Gasteiger partial charge in [0.1, 0.15) is 0 Å². The van der Waals surface area contributed by atoms with Crippen molar-refractivity contribution < 1.29 is 19.4 Å². The number of fused-ring (bicyclic) bond motifs is 1. The van der Waals surface area contributed by atoms with E-state index < -0.39 is 19.3 Å². The summed E-state index contributed by atoms with van der Waals surface area (Å²) in [6.07, 6.45) is -0.312. The molecule has 4 nitrogen and oxygen atoms in total. The number of aliphatic carboxylic acids is 1. The molecule has 3 aromatic rings. The van der Waals surface area contributed by atoms with Gasteiger partial charge in [0.2, 0.25) is 7.37 Å². The zero-order chi connectivity index (χ0) is 17.9. The van der Waals surface area contributed by atoms with Gasteiger partial charge in [-0.05, 0) is 21.9 Å². The van der Waals surface area contributed by atoms with Crippen LogP contribution in [0.25, 0.3) is 10.8 Å². The fourth-order valence-corrected chi connectivity index (χ4v) is 4.82. The number of hydrogen-bond donors (Lipinski definition) is 2. The van der Waals surface area contributed by atoms with Gasteiger partial charge in [0.25, 0.3) is 0 Å². The zero-order valence-electron chi connectivity index (χ0n) is 13.6. The van der Waals surface area contributed by atoms with Gasteiger partial charge in [-0.1, -0.05) is 72.8 Å².